The molecule has 0 spiro atoms. The molecule has 1 aliphatic carbocycles. The number of H-pyrrole nitrogens is 1. The van der Waals surface area contributed by atoms with Gasteiger partial charge in [-0.05, 0) is 13.3 Å². The van der Waals surface area contributed by atoms with Gasteiger partial charge in [-0.1, -0.05) is 6.92 Å². The average Bonchev–Trinajstić information content (AvgIpc) is 3.00. The highest BCUT2D eigenvalue weighted by Gasteiger charge is 2.69. The van der Waals surface area contributed by atoms with Crippen molar-refractivity contribution in [2.24, 2.45) is 5.41 Å². The van der Waals surface area contributed by atoms with Crippen LogP contribution in [0.25, 0.3) is 0 Å². The summed E-state index contributed by atoms with van der Waals surface area (Å²) in [5.74, 6) is -1.81. The molecule has 1 aromatic rings. The van der Waals surface area contributed by atoms with E-state index in [4.69, 9.17) is 33.7 Å². The van der Waals surface area contributed by atoms with Gasteiger partial charge >= 0.3 is 11.7 Å². The Bertz CT molecular complexity index is 814. The van der Waals surface area contributed by atoms with E-state index in [-0.39, 0.29) is 18.8 Å². The van der Waals surface area contributed by atoms with E-state index in [0.29, 0.717) is 6.42 Å². The van der Waals surface area contributed by atoms with E-state index in [1.165, 1.54) is 6.92 Å². The summed E-state index contributed by atoms with van der Waals surface area (Å²) < 4.78 is 4.77. The summed E-state index contributed by atoms with van der Waals surface area (Å²) in [4.78, 5) is 49.8. The Morgan fingerprint density at radius 1 is 1.38 bits per heavy atom. The van der Waals surface area contributed by atoms with Crippen LogP contribution in [0.3, 0.4) is 0 Å². The first-order valence-electron chi connectivity index (χ1n) is 7.26. The molecular weight excluding hydrogens is 361 g/mol. The van der Waals surface area contributed by atoms with Crippen LogP contribution in [-0.2, 0) is 16.1 Å². The van der Waals surface area contributed by atoms with Crippen molar-refractivity contribution in [1.29, 1.82) is 0 Å². The standard InChI is InChI=1S/C14H17Cl2N3O5/c1-3-4-19-9(17)8(10(21)18-12(19)23)7(20)5-24-11(22)13(2)6-14(13,15)16/h3-6,17H2,1-2H3,(H,18,21,23)/t13-/m0/s1. The normalized spacial score (nSPS) is 21.3. The average molecular weight is 378 g/mol. The second kappa shape index (κ2) is 6.25. The van der Waals surface area contributed by atoms with Crippen LogP contribution in [0.15, 0.2) is 9.59 Å². The molecule has 8 nitrogen and oxygen atoms in total. The summed E-state index contributed by atoms with van der Waals surface area (Å²) >= 11 is 11.7. The SMILES string of the molecule is CCCn1c(N)c(C(=O)COC(=O)[C@]2(C)CC2(Cl)Cl)c(=O)[nH]c1=O. The van der Waals surface area contributed by atoms with Crippen LogP contribution < -0.4 is 17.0 Å². The molecule has 0 radical (unpaired) electrons. The van der Waals surface area contributed by atoms with Crippen LogP contribution in [0.4, 0.5) is 5.82 Å². The number of ketones is 1. The lowest BCUT2D eigenvalue weighted by atomic mass is 10.1. The number of carbonyl (C=O) groups excluding carboxylic acids is 2. The Hall–Kier alpha value is -1.80. The zero-order chi connectivity index (χ0) is 18.3. The van der Waals surface area contributed by atoms with Gasteiger partial charge in [0, 0.05) is 13.0 Å². The smallest absolute Gasteiger partial charge is 0.329 e. The molecular formula is C14H17Cl2N3O5. The minimum atomic E-state index is -1.22. The molecule has 0 saturated heterocycles. The first-order chi connectivity index (χ1) is 11.0. The van der Waals surface area contributed by atoms with Crippen LogP contribution in [0.2, 0.25) is 0 Å². The molecule has 2 rings (SSSR count). The first kappa shape index (κ1) is 18.5. The molecule has 0 aliphatic heterocycles. The van der Waals surface area contributed by atoms with Gasteiger partial charge in [-0.25, -0.2) is 4.79 Å². The monoisotopic (exact) mass is 377 g/mol. The lowest BCUT2D eigenvalue weighted by Gasteiger charge is -2.13. The van der Waals surface area contributed by atoms with E-state index < -0.39 is 44.9 Å². The minimum Gasteiger partial charge on any atom is -0.457 e. The van der Waals surface area contributed by atoms with Crippen LogP contribution in [0.5, 0.6) is 0 Å². The number of rotatable bonds is 6. The second-order valence-electron chi connectivity index (χ2n) is 5.88. The van der Waals surface area contributed by atoms with Crippen molar-refractivity contribution in [2.45, 2.75) is 37.6 Å². The number of hydrogen-bond donors (Lipinski definition) is 2. The molecule has 1 heterocycles. The van der Waals surface area contributed by atoms with Gasteiger partial charge in [-0.15, -0.1) is 23.2 Å². The zero-order valence-electron chi connectivity index (χ0n) is 13.2. The number of nitrogens with one attached hydrogen (secondary N) is 1. The zero-order valence-corrected chi connectivity index (χ0v) is 14.7. The number of nitrogens with zero attached hydrogens (tertiary/aromatic N) is 1. The third-order valence-corrected chi connectivity index (χ3v) is 5.11. The van der Waals surface area contributed by atoms with Gasteiger partial charge in [0.1, 0.15) is 21.1 Å². The van der Waals surface area contributed by atoms with E-state index in [1.807, 2.05) is 4.98 Å². The Labute approximate surface area is 146 Å². The number of alkyl halides is 2. The molecule has 1 fully saturated rings. The van der Waals surface area contributed by atoms with Crippen LogP contribution in [-0.4, -0.2) is 32.2 Å². The quantitative estimate of drug-likeness (QED) is 0.429. The number of halogens is 2. The predicted molar refractivity (Wildman–Crippen MR) is 88.5 cm³/mol. The van der Waals surface area contributed by atoms with Crippen LogP contribution in [0, 0.1) is 5.41 Å². The molecule has 3 N–H and O–H groups in total. The summed E-state index contributed by atoms with van der Waals surface area (Å²) in [6.07, 6.45) is 0.783. The molecule has 1 atom stereocenters. The van der Waals surface area contributed by atoms with Gasteiger partial charge in [-0.2, -0.15) is 0 Å². The molecule has 0 bridgehead atoms. The molecule has 0 unspecified atom stereocenters. The van der Waals surface area contributed by atoms with E-state index >= 15 is 0 Å². The second-order valence-corrected chi connectivity index (χ2v) is 7.37. The third kappa shape index (κ3) is 3.08. The van der Waals surface area contributed by atoms with Crippen molar-refractivity contribution in [2.75, 3.05) is 12.3 Å². The van der Waals surface area contributed by atoms with Gasteiger partial charge in [0.15, 0.2) is 6.61 Å². The van der Waals surface area contributed by atoms with Crippen LogP contribution >= 0.6 is 23.2 Å². The summed E-state index contributed by atoms with van der Waals surface area (Å²) in [7, 11) is 0. The summed E-state index contributed by atoms with van der Waals surface area (Å²) in [6.45, 7) is 2.86. The van der Waals surface area contributed by atoms with Gasteiger partial charge in [0.2, 0.25) is 5.78 Å². The Morgan fingerprint density at radius 2 is 1.96 bits per heavy atom. The fourth-order valence-corrected chi connectivity index (χ4v) is 2.98. The number of carbonyl (C=O) groups is 2. The molecule has 1 aliphatic rings. The number of esters is 1. The van der Waals surface area contributed by atoms with Crippen LogP contribution in [0.1, 0.15) is 37.0 Å². The molecule has 10 heteroatoms. The van der Waals surface area contributed by atoms with Gasteiger partial charge in [-0.3, -0.25) is 23.9 Å². The summed E-state index contributed by atoms with van der Waals surface area (Å²) in [6, 6.07) is 0. The highest BCUT2D eigenvalue weighted by atomic mass is 35.5. The molecule has 0 amide bonds. The number of Topliss-reactive ketones (excluding diaryl/α,β-unsaturated/α-hetero) is 1. The van der Waals surface area contributed by atoms with Crippen molar-refractivity contribution in [1.82, 2.24) is 9.55 Å². The number of nitrogens with two attached hydrogens (primary N) is 1. The maximum Gasteiger partial charge on any atom is 0.329 e. The van der Waals surface area contributed by atoms with Gasteiger partial charge in [0.05, 0.1) is 0 Å². The van der Waals surface area contributed by atoms with Crippen molar-refractivity contribution < 1.29 is 14.3 Å². The van der Waals surface area contributed by atoms with Crippen molar-refractivity contribution >= 4 is 40.8 Å². The summed E-state index contributed by atoms with van der Waals surface area (Å²) in [5, 5.41) is 0. The molecule has 0 aromatic carbocycles. The molecule has 24 heavy (non-hydrogen) atoms. The van der Waals surface area contributed by atoms with E-state index in [9.17, 15) is 19.2 Å². The number of ether oxygens (including phenoxy) is 1. The topological polar surface area (TPSA) is 124 Å². The lowest BCUT2D eigenvalue weighted by molar-refractivity contribution is -0.148. The Balaban J connectivity index is 2.19. The van der Waals surface area contributed by atoms with Crippen molar-refractivity contribution in [3.8, 4) is 0 Å². The van der Waals surface area contributed by atoms with E-state index in [2.05, 4.69) is 0 Å². The van der Waals surface area contributed by atoms with E-state index in [0.717, 1.165) is 4.57 Å². The fourth-order valence-electron chi connectivity index (χ4n) is 2.29. The number of anilines is 1. The largest absolute Gasteiger partial charge is 0.457 e. The number of aromatic nitrogens is 2. The summed E-state index contributed by atoms with van der Waals surface area (Å²) in [5.41, 5.74) is 2.63. The maximum absolute atomic E-state index is 12.2. The Morgan fingerprint density at radius 3 is 2.46 bits per heavy atom. The molecule has 1 aromatic heterocycles. The fraction of sp³-hybridized carbons (Fsp3) is 0.571. The van der Waals surface area contributed by atoms with Gasteiger partial charge in [0.25, 0.3) is 5.56 Å². The molecule has 132 valence electrons. The molecule has 1 saturated carbocycles. The van der Waals surface area contributed by atoms with Crippen molar-refractivity contribution in [3.63, 3.8) is 0 Å². The minimum absolute atomic E-state index is 0.209. The van der Waals surface area contributed by atoms with Gasteiger partial charge < -0.3 is 10.5 Å². The highest BCUT2D eigenvalue weighted by Crippen LogP contribution is 2.64. The first-order valence-corrected chi connectivity index (χ1v) is 8.01. The predicted octanol–water partition coefficient (Wildman–Crippen LogP) is 0.839. The third-order valence-electron chi connectivity index (χ3n) is 4.01. The number of hydrogen-bond acceptors (Lipinski definition) is 6. The van der Waals surface area contributed by atoms with E-state index in [1.54, 1.807) is 6.92 Å². The highest BCUT2D eigenvalue weighted by molar-refractivity contribution is 6.53. The Kier molecular flexibility index (Phi) is 4.83. The van der Waals surface area contributed by atoms with Crippen molar-refractivity contribution in [3.05, 3.63) is 26.4 Å². The maximum atomic E-state index is 12.2. The number of nitrogen functional groups attached to an aromatic ring is 1. The lowest BCUT2D eigenvalue weighted by Crippen LogP contribution is -2.37. The number of aromatic amines is 1.